The molecule has 0 spiro atoms. The third-order valence-corrected chi connectivity index (χ3v) is 4.88. The number of carbonyl (C=O) groups is 1. The monoisotopic (exact) mass is 421 g/mol. The van der Waals surface area contributed by atoms with E-state index in [0.29, 0.717) is 32.8 Å². The van der Waals surface area contributed by atoms with Crippen molar-refractivity contribution in [1.29, 1.82) is 0 Å². The molecular formula is C24H31N5O2. The molecule has 7 heteroatoms. The summed E-state index contributed by atoms with van der Waals surface area (Å²) in [6.07, 6.45) is 1.74. The summed E-state index contributed by atoms with van der Waals surface area (Å²) in [5.41, 5.74) is 3.23. The molecule has 0 unspecified atom stereocenters. The molecule has 1 amide bonds. The van der Waals surface area contributed by atoms with E-state index in [0.717, 1.165) is 41.6 Å². The van der Waals surface area contributed by atoms with E-state index in [9.17, 15) is 4.79 Å². The van der Waals surface area contributed by atoms with Gasteiger partial charge in [0.2, 0.25) is 5.91 Å². The van der Waals surface area contributed by atoms with Crippen LogP contribution < -0.4 is 25.6 Å². The maximum Gasteiger partial charge on any atom is 0.239 e. The number of piperazine rings is 1. The number of benzene rings is 2. The van der Waals surface area contributed by atoms with Gasteiger partial charge in [-0.2, -0.15) is 0 Å². The molecule has 3 N–H and O–H groups in total. The van der Waals surface area contributed by atoms with E-state index in [-0.39, 0.29) is 5.91 Å². The molecule has 0 atom stereocenters. The maximum absolute atomic E-state index is 11.6. The van der Waals surface area contributed by atoms with E-state index in [1.807, 2.05) is 31.2 Å². The van der Waals surface area contributed by atoms with Gasteiger partial charge >= 0.3 is 0 Å². The van der Waals surface area contributed by atoms with Crippen molar-refractivity contribution in [2.75, 3.05) is 37.7 Å². The third-order valence-electron chi connectivity index (χ3n) is 4.88. The minimum absolute atomic E-state index is 0.0674. The summed E-state index contributed by atoms with van der Waals surface area (Å²) in [5, 5.41) is 9.51. The SMILES string of the molecule is C=CCOc1ccccc1CNC(=NCc1ccc(N2CCNC(=O)C2)cc1)NCC. The molecule has 164 valence electrons. The van der Waals surface area contributed by atoms with E-state index >= 15 is 0 Å². The highest BCUT2D eigenvalue weighted by Gasteiger charge is 2.16. The van der Waals surface area contributed by atoms with E-state index in [4.69, 9.17) is 9.73 Å². The van der Waals surface area contributed by atoms with Gasteiger partial charge in [-0.05, 0) is 30.7 Å². The first-order valence-electron chi connectivity index (χ1n) is 10.6. The molecule has 0 aliphatic carbocycles. The number of hydrogen-bond donors (Lipinski definition) is 3. The quantitative estimate of drug-likeness (QED) is 0.329. The topological polar surface area (TPSA) is 78.0 Å². The van der Waals surface area contributed by atoms with Crippen molar-refractivity contribution in [1.82, 2.24) is 16.0 Å². The lowest BCUT2D eigenvalue weighted by Crippen LogP contribution is -2.47. The van der Waals surface area contributed by atoms with E-state index in [1.165, 1.54) is 0 Å². The van der Waals surface area contributed by atoms with Gasteiger partial charge in [-0.1, -0.05) is 43.0 Å². The smallest absolute Gasteiger partial charge is 0.239 e. The summed E-state index contributed by atoms with van der Waals surface area (Å²) in [7, 11) is 0. The predicted octanol–water partition coefficient (Wildman–Crippen LogP) is 2.44. The Hall–Kier alpha value is -3.48. The Balaban J connectivity index is 1.59. The van der Waals surface area contributed by atoms with Gasteiger partial charge in [0.05, 0.1) is 13.1 Å². The number of guanidine groups is 1. The lowest BCUT2D eigenvalue weighted by molar-refractivity contribution is -0.120. The standard InChI is InChI=1S/C24H31N5O2/c1-3-15-31-22-8-6-5-7-20(22)17-28-24(25-4-2)27-16-19-9-11-21(12-10-19)29-14-13-26-23(30)18-29/h3,5-12H,1,4,13-18H2,2H3,(H,26,30)(H2,25,27,28). The Kier molecular flexibility index (Phi) is 8.34. The number of para-hydroxylation sites is 1. The molecule has 0 saturated carbocycles. The van der Waals surface area contributed by atoms with Crippen molar-refractivity contribution < 1.29 is 9.53 Å². The van der Waals surface area contributed by atoms with Crippen LogP contribution in [0.15, 0.2) is 66.2 Å². The first kappa shape index (κ1) is 22.2. The van der Waals surface area contributed by atoms with Crippen molar-refractivity contribution in [3.8, 4) is 5.75 Å². The highest BCUT2D eigenvalue weighted by molar-refractivity contribution is 5.82. The Labute approximate surface area is 184 Å². The summed E-state index contributed by atoms with van der Waals surface area (Å²) < 4.78 is 5.73. The van der Waals surface area contributed by atoms with Gasteiger partial charge in [0.1, 0.15) is 12.4 Å². The Bertz CT molecular complexity index is 895. The molecule has 1 aliphatic heterocycles. The van der Waals surface area contributed by atoms with Crippen LogP contribution in [0.3, 0.4) is 0 Å². The minimum Gasteiger partial charge on any atom is -0.489 e. The maximum atomic E-state index is 11.6. The van der Waals surface area contributed by atoms with Gasteiger partial charge in [0.25, 0.3) is 0 Å². The van der Waals surface area contributed by atoms with Crippen LogP contribution >= 0.6 is 0 Å². The average molecular weight is 422 g/mol. The van der Waals surface area contributed by atoms with Crippen LogP contribution in [-0.2, 0) is 17.9 Å². The van der Waals surface area contributed by atoms with Crippen LogP contribution in [-0.4, -0.2) is 44.7 Å². The number of hydrogen-bond acceptors (Lipinski definition) is 4. The molecule has 7 nitrogen and oxygen atoms in total. The van der Waals surface area contributed by atoms with Gasteiger partial charge in [0, 0.05) is 37.4 Å². The predicted molar refractivity (Wildman–Crippen MR) is 125 cm³/mol. The van der Waals surface area contributed by atoms with Gasteiger partial charge in [-0.3, -0.25) is 4.79 Å². The summed E-state index contributed by atoms with van der Waals surface area (Å²) >= 11 is 0. The van der Waals surface area contributed by atoms with Crippen LogP contribution in [0.1, 0.15) is 18.1 Å². The molecular weight excluding hydrogens is 390 g/mol. The molecule has 31 heavy (non-hydrogen) atoms. The Morgan fingerprint density at radius 3 is 2.77 bits per heavy atom. The normalized spacial score (nSPS) is 14.0. The van der Waals surface area contributed by atoms with Gasteiger partial charge in [0.15, 0.2) is 5.96 Å². The minimum atomic E-state index is 0.0674. The second-order valence-electron chi connectivity index (χ2n) is 7.19. The van der Waals surface area contributed by atoms with E-state index < -0.39 is 0 Å². The summed E-state index contributed by atoms with van der Waals surface area (Å²) in [4.78, 5) is 18.4. The van der Waals surface area contributed by atoms with Crippen molar-refractivity contribution in [2.24, 2.45) is 4.99 Å². The van der Waals surface area contributed by atoms with Crippen molar-refractivity contribution in [2.45, 2.75) is 20.0 Å². The van der Waals surface area contributed by atoms with Crippen LogP contribution in [0.5, 0.6) is 5.75 Å². The lowest BCUT2D eigenvalue weighted by atomic mass is 10.2. The van der Waals surface area contributed by atoms with Gasteiger partial charge in [-0.25, -0.2) is 4.99 Å². The third kappa shape index (κ3) is 6.77. The highest BCUT2D eigenvalue weighted by Crippen LogP contribution is 2.18. The number of aliphatic imine (C=N–C) groups is 1. The van der Waals surface area contributed by atoms with Crippen molar-refractivity contribution in [3.63, 3.8) is 0 Å². The number of anilines is 1. The highest BCUT2D eigenvalue weighted by atomic mass is 16.5. The van der Waals surface area contributed by atoms with Gasteiger partial charge < -0.3 is 25.6 Å². The molecule has 1 aliphatic rings. The molecule has 0 aromatic heterocycles. The number of nitrogens with one attached hydrogen (secondary N) is 3. The Morgan fingerprint density at radius 1 is 1.23 bits per heavy atom. The largest absolute Gasteiger partial charge is 0.489 e. The number of rotatable bonds is 9. The molecule has 2 aromatic rings. The van der Waals surface area contributed by atoms with Crippen molar-refractivity contribution >= 4 is 17.6 Å². The van der Waals surface area contributed by atoms with Crippen molar-refractivity contribution in [3.05, 3.63) is 72.3 Å². The second-order valence-corrected chi connectivity index (χ2v) is 7.19. The molecule has 1 fully saturated rings. The molecule has 0 bridgehead atoms. The zero-order chi connectivity index (χ0) is 21.9. The van der Waals surface area contributed by atoms with Crippen LogP contribution in [0, 0.1) is 0 Å². The molecule has 0 radical (unpaired) electrons. The van der Waals surface area contributed by atoms with Crippen LogP contribution in [0.25, 0.3) is 0 Å². The Morgan fingerprint density at radius 2 is 2.03 bits per heavy atom. The first-order valence-corrected chi connectivity index (χ1v) is 10.6. The molecule has 1 heterocycles. The number of ether oxygens (including phenoxy) is 1. The second kappa shape index (κ2) is 11.6. The summed E-state index contributed by atoms with van der Waals surface area (Å²) in [6, 6.07) is 16.2. The lowest BCUT2D eigenvalue weighted by Gasteiger charge is -2.28. The fourth-order valence-electron chi connectivity index (χ4n) is 3.30. The molecule has 3 rings (SSSR count). The molecule has 1 saturated heterocycles. The average Bonchev–Trinajstić information content (AvgIpc) is 2.80. The fraction of sp³-hybridized carbons (Fsp3) is 0.333. The van der Waals surface area contributed by atoms with Crippen LogP contribution in [0.2, 0.25) is 0 Å². The zero-order valence-electron chi connectivity index (χ0n) is 18.1. The zero-order valence-corrected chi connectivity index (χ0v) is 18.1. The number of nitrogens with zero attached hydrogens (tertiary/aromatic N) is 2. The van der Waals surface area contributed by atoms with Crippen LogP contribution in [0.4, 0.5) is 5.69 Å². The fourth-order valence-corrected chi connectivity index (χ4v) is 3.30. The summed E-state index contributed by atoms with van der Waals surface area (Å²) in [5.74, 6) is 1.66. The molecule has 2 aromatic carbocycles. The summed E-state index contributed by atoms with van der Waals surface area (Å²) in [6.45, 7) is 10.1. The number of amides is 1. The number of carbonyl (C=O) groups excluding carboxylic acids is 1. The van der Waals surface area contributed by atoms with E-state index in [2.05, 4.69) is 51.7 Å². The van der Waals surface area contributed by atoms with Gasteiger partial charge in [-0.15, -0.1) is 0 Å². The first-order chi connectivity index (χ1) is 15.2. The van der Waals surface area contributed by atoms with E-state index in [1.54, 1.807) is 6.08 Å².